The highest BCUT2D eigenvalue weighted by molar-refractivity contribution is 5.85. The lowest BCUT2D eigenvalue weighted by molar-refractivity contribution is -0.131. The first-order valence-corrected chi connectivity index (χ1v) is 3.46. The minimum absolute atomic E-state index is 0.183. The predicted molar refractivity (Wildman–Crippen MR) is 41.9 cm³/mol. The van der Waals surface area contributed by atoms with Crippen molar-refractivity contribution in [2.24, 2.45) is 0 Å². The van der Waals surface area contributed by atoms with Crippen LogP contribution >= 0.6 is 0 Å². The Kier molecular flexibility index (Phi) is 3.45. The van der Waals surface area contributed by atoms with Gasteiger partial charge in [0.25, 0.3) is 0 Å². The van der Waals surface area contributed by atoms with E-state index < -0.39 is 12.3 Å². The number of halogens is 1. The zero-order chi connectivity index (χ0) is 9.07. The summed E-state index contributed by atoms with van der Waals surface area (Å²) in [6.07, 6.45) is 0. The number of hydrogen-bond acceptors (Lipinski definition) is 2. The van der Waals surface area contributed by atoms with Crippen LogP contribution in [-0.4, -0.2) is 37.2 Å². The fraction of sp³-hybridized carbons (Fsp3) is 0.857. The number of hydrogen-bond donors (Lipinski definition) is 1. The molecule has 1 N–H and O–H groups in total. The van der Waals surface area contributed by atoms with Gasteiger partial charge in [0.1, 0.15) is 6.80 Å². The molecule has 3 nitrogen and oxygen atoms in total. The molecule has 0 unspecified atom stereocenters. The highest BCUT2D eigenvalue weighted by Gasteiger charge is 2.30. The predicted octanol–water partition coefficient (Wildman–Crippen LogP) is 0.370. The van der Waals surface area contributed by atoms with Gasteiger partial charge in [-0.15, -0.1) is 0 Å². The van der Waals surface area contributed by atoms with Gasteiger partial charge in [0.2, 0.25) is 5.91 Å². The summed E-state index contributed by atoms with van der Waals surface area (Å²) >= 11 is 0. The molecule has 0 radical (unpaired) electrons. The molecular weight excluding hydrogens is 147 g/mol. The van der Waals surface area contributed by atoms with Crippen molar-refractivity contribution in [1.82, 2.24) is 10.2 Å². The molecule has 0 aliphatic rings. The summed E-state index contributed by atoms with van der Waals surface area (Å²) in [4.78, 5) is 12.5. The van der Waals surface area contributed by atoms with Gasteiger partial charge in [-0.3, -0.25) is 9.69 Å². The van der Waals surface area contributed by atoms with Gasteiger partial charge >= 0.3 is 0 Å². The molecule has 0 bridgehead atoms. The summed E-state index contributed by atoms with van der Waals surface area (Å²) in [6, 6.07) is 0. The van der Waals surface area contributed by atoms with Crippen molar-refractivity contribution in [3.8, 4) is 0 Å². The first-order chi connectivity index (χ1) is 4.96. The second-order valence-corrected chi connectivity index (χ2v) is 2.96. The van der Waals surface area contributed by atoms with E-state index in [2.05, 4.69) is 5.32 Å². The van der Waals surface area contributed by atoms with Gasteiger partial charge in [-0.2, -0.15) is 0 Å². The Balaban J connectivity index is 4.31. The normalized spacial score (nSPS) is 11.8. The zero-order valence-electron chi connectivity index (χ0n) is 7.44. The monoisotopic (exact) mass is 162 g/mol. The Bertz CT molecular complexity index is 147. The number of likely N-dealkylation sites (N-methyl/N-ethyl adjacent to an activating group) is 2. The Hall–Kier alpha value is -0.640. The van der Waals surface area contributed by atoms with Crippen molar-refractivity contribution < 1.29 is 9.18 Å². The number of nitrogens with zero attached hydrogens (tertiary/aromatic N) is 1. The van der Waals surface area contributed by atoms with Gasteiger partial charge in [0, 0.05) is 7.05 Å². The Labute approximate surface area is 66.6 Å². The summed E-state index contributed by atoms with van der Waals surface area (Å²) in [5.74, 6) is -0.183. The molecular formula is C7H15FN2O. The van der Waals surface area contributed by atoms with Gasteiger partial charge in [-0.1, -0.05) is 0 Å². The molecule has 0 aliphatic carbocycles. The van der Waals surface area contributed by atoms with E-state index in [1.165, 1.54) is 11.9 Å². The van der Waals surface area contributed by atoms with Crippen LogP contribution in [0.2, 0.25) is 0 Å². The first kappa shape index (κ1) is 10.4. The van der Waals surface area contributed by atoms with E-state index in [4.69, 9.17) is 0 Å². The summed E-state index contributed by atoms with van der Waals surface area (Å²) < 4.78 is 12.1. The quantitative estimate of drug-likeness (QED) is 0.608. The third-order valence-electron chi connectivity index (χ3n) is 1.92. The van der Waals surface area contributed by atoms with Crippen LogP contribution < -0.4 is 5.32 Å². The molecule has 4 heteroatoms. The van der Waals surface area contributed by atoms with Crippen molar-refractivity contribution in [2.45, 2.75) is 19.4 Å². The summed E-state index contributed by atoms with van der Waals surface area (Å²) in [5, 5.41) is 2.47. The second kappa shape index (κ2) is 3.67. The van der Waals surface area contributed by atoms with Crippen LogP contribution in [0.15, 0.2) is 0 Å². The van der Waals surface area contributed by atoms with Crippen LogP contribution in [0.25, 0.3) is 0 Å². The van der Waals surface area contributed by atoms with Crippen molar-refractivity contribution in [3.63, 3.8) is 0 Å². The van der Waals surface area contributed by atoms with Crippen LogP contribution in [-0.2, 0) is 4.79 Å². The molecule has 0 rings (SSSR count). The van der Waals surface area contributed by atoms with E-state index in [1.54, 1.807) is 20.9 Å². The van der Waals surface area contributed by atoms with E-state index in [-0.39, 0.29) is 5.91 Å². The number of carbonyl (C=O) groups is 1. The summed E-state index contributed by atoms with van der Waals surface area (Å²) in [7, 11) is 3.10. The molecule has 0 saturated carbocycles. The molecule has 0 aromatic carbocycles. The molecule has 0 heterocycles. The maximum atomic E-state index is 12.1. The third kappa shape index (κ3) is 2.15. The van der Waals surface area contributed by atoms with Crippen molar-refractivity contribution >= 4 is 5.91 Å². The summed E-state index contributed by atoms with van der Waals surface area (Å²) in [6.45, 7) is 2.72. The first-order valence-electron chi connectivity index (χ1n) is 3.46. The largest absolute Gasteiger partial charge is 0.358 e. The van der Waals surface area contributed by atoms with E-state index >= 15 is 0 Å². The van der Waals surface area contributed by atoms with E-state index in [0.29, 0.717) is 0 Å². The third-order valence-corrected chi connectivity index (χ3v) is 1.92. The SMILES string of the molecule is CNC(=O)C(C)(C)N(C)CF. The molecule has 66 valence electrons. The lowest BCUT2D eigenvalue weighted by atomic mass is 10.0. The molecule has 1 amide bonds. The number of nitrogens with one attached hydrogen (secondary N) is 1. The molecule has 0 saturated heterocycles. The average Bonchev–Trinajstić information content (AvgIpc) is 2.01. The molecule has 0 aromatic heterocycles. The zero-order valence-corrected chi connectivity index (χ0v) is 7.44. The van der Waals surface area contributed by atoms with E-state index in [1.807, 2.05) is 0 Å². The number of carbonyl (C=O) groups excluding carboxylic acids is 1. The fourth-order valence-corrected chi connectivity index (χ4v) is 0.629. The smallest absolute Gasteiger partial charge is 0.239 e. The second-order valence-electron chi connectivity index (χ2n) is 2.96. The molecule has 11 heavy (non-hydrogen) atoms. The van der Waals surface area contributed by atoms with Crippen LogP contribution in [0, 0.1) is 0 Å². The number of amides is 1. The van der Waals surface area contributed by atoms with E-state index in [0.717, 1.165) is 0 Å². The van der Waals surface area contributed by atoms with Crippen LogP contribution in [0.5, 0.6) is 0 Å². The topological polar surface area (TPSA) is 32.3 Å². The molecule has 0 aromatic rings. The lowest BCUT2D eigenvalue weighted by Gasteiger charge is -2.31. The highest BCUT2D eigenvalue weighted by atomic mass is 19.1. The van der Waals surface area contributed by atoms with Crippen molar-refractivity contribution in [2.75, 3.05) is 20.9 Å². The molecule has 0 aliphatic heterocycles. The van der Waals surface area contributed by atoms with Crippen molar-refractivity contribution in [1.29, 1.82) is 0 Å². The van der Waals surface area contributed by atoms with Crippen LogP contribution in [0.3, 0.4) is 0 Å². The molecule has 0 spiro atoms. The number of alkyl halides is 1. The van der Waals surface area contributed by atoms with Crippen LogP contribution in [0.4, 0.5) is 4.39 Å². The van der Waals surface area contributed by atoms with E-state index in [9.17, 15) is 9.18 Å². The standard InChI is InChI=1S/C7H15FN2O/c1-7(2,6(11)9-3)10(4)5-8/h5H2,1-4H3,(H,9,11). The lowest BCUT2D eigenvalue weighted by Crippen LogP contribution is -2.52. The minimum atomic E-state index is -0.774. The van der Waals surface area contributed by atoms with Gasteiger partial charge in [-0.05, 0) is 20.9 Å². The van der Waals surface area contributed by atoms with Gasteiger partial charge in [0.05, 0.1) is 5.54 Å². The van der Waals surface area contributed by atoms with Gasteiger partial charge < -0.3 is 5.32 Å². The Morgan fingerprint density at radius 2 is 2.09 bits per heavy atom. The van der Waals surface area contributed by atoms with Gasteiger partial charge in [0.15, 0.2) is 0 Å². The fourth-order valence-electron chi connectivity index (χ4n) is 0.629. The van der Waals surface area contributed by atoms with Crippen molar-refractivity contribution in [3.05, 3.63) is 0 Å². The Morgan fingerprint density at radius 1 is 1.64 bits per heavy atom. The summed E-state index contributed by atoms with van der Waals surface area (Å²) in [5.41, 5.74) is -0.774. The minimum Gasteiger partial charge on any atom is -0.358 e. The maximum absolute atomic E-state index is 12.1. The number of rotatable bonds is 3. The average molecular weight is 162 g/mol. The van der Waals surface area contributed by atoms with Gasteiger partial charge in [-0.25, -0.2) is 4.39 Å². The molecule has 0 fully saturated rings. The van der Waals surface area contributed by atoms with Crippen LogP contribution in [0.1, 0.15) is 13.8 Å². The highest BCUT2D eigenvalue weighted by Crippen LogP contribution is 2.11. The maximum Gasteiger partial charge on any atom is 0.239 e. The Morgan fingerprint density at radius 3 is 2.36 bits per heavy atom. The molecule has 0 atom stereocenters.